The SMILES string of the molecule is CCOC(=O)/C=C/c1ccc([C@H]2N(Cc3ccccc3)C(=O)C[C@@]2(C(=O)OC)S(=O)c2ccccc2)cc1. The van der Waals surface area contributed by atoms with E-state index in [1.807, 2.05) is 30.3 Å². The van der Waals surface area contributed by atoms with E-state index >= 15 is 0 Å². The van der Waals surface area contributed by atoms with E-state index in [1.54, 1.807) is 72.5 Å². The first-order valence-corrected chi connectivity index (χ1v) is 13.4. The molecule has 1 heterocycles. The Kier molecular flexibility index (Phi) is 8.53. The molecule has 3 aromatic carbocycles. The van der Waals surface area contributed by atoms with Crippen LogP contribution in [-0.4, -0.2) is 45.4 Å². The maximum absolute atomic E-state index is 14.2. The third-order valence-corrected chi connectivity index (χ3v) is 8.35. The molecule has 0 N–H and O–H groups in total. The van der Waals surface area contributed by atoms with Crippen molar-refractivity contribution < 1.29 is 28.1 Å². The zero-order valence-electron chi connectivity index (χ0n) is 21.2. The molecule has 8 heteroatoms. The van der Waals surface area contributed by atoms with Gasteiger partial charge in [-0.25, -0.2) is 4.79 Å². The van der Waals surface area contributed by atoms with Gasteiger partial charge in [-0.1, -0.05) is 72.8 Å². The standard InChI is InChI=1S/C30H29NO6S/c1-3-37-27(33)19-16-22-14-17-24(18-15-22)28-30(29(34)36-2,38(35)25-12-8-5-9-13-25)20-26(32)31(28)21-23-10-6-4-7-11-23/h4-19,28H,3,20-21H2,1-2H3/b19-16+/t28-,30-,38?/m1/s1. The van der Waals surface area contributed by atoms with Gasteiger partial charge < -0.3 is 14.4 Å². The maximum atomic E-state index is 14.2. The predicted molar refractivity (Wildman–Crippen MR) is 144 cm³/mol. The molecule has 0 bridgehead atoms. The van der Waals surface area contributed by atoms with Gasteiger partial charge in [0.2, 0.25) is 5.91 Å². The number of benzene rings is 3. The van der Waals surface area contributed by atoms with Gasteiger partial charge in [0.1, 0.15) is 0 Å². The molecule has 7 nitrogen and oxygen atoms in total. The number of ether oxygens (including phenoxy) is 2. The molecular weight excluding hydrogens is 502 g/mol. The minimum absolute atomic E-state index is 0.236. The second-order valence-electron chi connectivity index (χ2n) is 8.80. The highest BCUT2D eigenvalue weighted by Gasteiger charge is 2.62. The number of carbonyl (C=O) groups excluding carboxylic acids is 3. The molecule has 1 unspecified atom stereocenters. The Morgan fingerprint density at radius 3 is 2.24 bits per heavy atom. The molecule has 3 aromatic rings. The zero-order valence-corrected chi connectivity index (χ0v) is 22.1. The van der Waals surface area contributed by atoms with Crippen LogP contribution in [0.4, 0.5) is 0 Å². The summed E-state index contributed by atoms with van der Waals surface area (Å²) in [6, 6.07) is 24.4. The summed E-state index contributed by atoms with van der Waals surface area (Å²) in [5.74, 6) is -1.45. The molecule has 196 valence electrons. The highest BCUT2D eigenvalue weighted by Crippen LogP contribution is 2.48. The Morgan fingerprint density at radius 2 is 1.63 bits per heavy atom. The lowest BCUT2D eigenvalue weighted by atomic mass is 9.91. The summed E-state index contributed by atoms with van der Waals surface area (Å²) in [7, 11) is -0.660. The molecule has 38 heavy (non-hydrogen) atoms. The largest absolute Gasteiger partial charge is 0.468 e. The number of hydrogen-bond acceptors (Lipinski definition) is 6. The molecule has 3 atom stereocenters. The van der Waals surface area contributed by atoms with Gasteiger partial charge in [0.25, 0.3) is 0 Å². The van der Waals surface area contributed by atoms with E-state index in [0.717, 1.165) is 11.1 Å². The molecule has 0 saturated carbocycles. The van der Waals surface area contributed by atoms with Gasteiger partial charge in [0, 0.05) is 17.5 Å². The van der Waals surface area contributed by atoms with Crippen LogP contribution in [0.5, 0.6) is 0 Å². The average molecular weight is 532 g/mol. The van der Waals surface area contributed by atoms with Crippen LogP contribution in [0.15, 0.2) is 95.9 Å². The topological polar surface area (TPSA) is 90.0 Å². The molecule has 1 fully saturated rings. The summed E-state index contributed by atoms with van der Waals surface area (Å²) in [5, 5.41) is 0. The molecule has 0 aromatic heterocycles. The van der Waals surface area contributed by atoms with Crippen molar-refractivity contribution in [2.75, 3.05) is 13.7 Å². The van der Waals surface area contributed by atoms with Crippen molar-refractivity contribution in [3.05, 3.63) is 108 Å². The third-order valence-electron chi connectivity index (χ3n) is 6.45. The van der Waals surface area contributed by atoms with Crippen LogP contribution in [0.1, 0.15) is 36.1 Å². The second-order valence-corrected chi connectivity index (χ2v) is 10.5. The van der Waals surface area contributed by atoms with Gasteiger partial charge in [-0.15, -0.1) is 0 Å². The summed E-state index contributed by atoms with van der Waals surface area (Å²) in [6.45, 7) is 2.25. The van der Waals surface area contributed by atoms with E-state index in [-0.39, 0.29) is 25.5 Å². The number of rotatable bonds is 9. The van der Waals surface area contributed by atoms with Crippen LogP contribution in [0.2, 0.25) is 0 Å². The van der Waals surface area contributed by atoms with Gasteiger partial charge in [-0.05, 0) is 41.8 Å². The van der Waals surface area contributed by atoms with E-state index in [1.165, 1.54) is 13.2 Å². The predicted octanol–water partition coefficient (Wildman–Crippen LogP) is 4.46. The van der Waals surface area contributed by atoms with Gasteiger partial charge in [-0.3, -0.25) is 13.8 Å². The summed E-state index contributed by atoms with van der Waals surface area (Å²) in [4.78, 5) is 40.8. The van der Waals surface area contributed by atoms with Crippen molar-refractivity contribution in [3.8, 4) is 0 Å². The minimum atomic E-state index is -1.91. The van der Waals surface area contributed by atoms with Crippen LogP contribution in [0.3, 0.4) is 0 Å². The van der Waals surface area contributed by atoms with Gasteiger partial charge >= 0.3 is 11.9 Å². The molecular formula is C30H29NO6S. The van der Waals surface area contributed by atoms with Crippen molar-refractivity contribution in [2.45, 2.75) is 35.6 Å². The molecule has 4 rings (SSSR count). The van der Waals surface area contributed by atoms with Crippen LogP contribution in [0.25, 0.3) is 6.08 Å². The van der Waals surface area contributed by atoms with Crippen molar-refractivity contribution >= 4 is 34.7 Å². The van der Waals surface area contributed by atoms with E-state index in [2.05, 4.69) is 0 Å². The Bertz CT molecular complexity index is 1340. The first-order chi connectivity index (χ1) is 18.4. The van der Waals surface area contributed by atoms with Crippen molar-refractivity contribution in [2.24, 2.45) is 0 Å². The summed E-state index contributed by atoms with van der Waals surface area (Å²) >= 11 is 0. The lowest BCUT2D eigenvalue weighted by Gasteiger charge is -2.35. The normalized spacial score (nSPS) is 19.9. The van der Waals surface area contributed by atoms with Gasteiger partial charge in [0.15, 0.2) is 4.75 Å². The molecule has 1 saturated heterocycles. The van der Waals surface area contributed by atoms with Crippen molar-refractivity contribution in [3.63, 3.8) is 0 Å². The second kappa shape index (κ2) is 12.0. The number of likely N-dealkylation sites (tertiary alicyclic amines) is 1. The molecule has 0 radical (unpaired) electrons. The number of hydrogen-bond donors (Lipinski definition) is 0. The molecule has 0 aliphatic carbocycles. The molecule has 1 aliphatic rings. The Balaban J connectivity index is 1.81. The number of amides is 1. The minimum Gasteiger partial charge on any atom is -0.468 e. The highest BCUT2D eigenvalue weighted by molar-refractivity contribution is 7.87. The summed E-state index contributed by atoms with van der Waals surface area (Å²) in [5.41, 5.74) is 2.24. The summed E-state index contributed by atoms with van der Waals surface area (Å²) < 4.78 is 22.7. The fraction of sp³-hybridized carbons (Fsp3) is 0.233. The molecule has 1 amide bonds. The third kappa shape index (κ3) is 5.45. The quantitative estimate of drug-likeness (QED) is 0.299. The zero-order chi connectivity index (χ0) is 27.1. The lowest BCUT2D eigenvalue weighted by Crippen LogP contribution is -2.48. The van der Waals surface area contributed by atoms with Gasteiger partial charge in [0.05, 0.1) is 37.0 Å². The number of nitrogens with zero attached hydrogens (tertiary/aromatic N) is 1. The van der Waals surface area contributed by atoms with E-state index < -0.39 is 33.5 Å². The molecule has 0 spiro atoms. The molecule has 1 aliphatic heterocycles. The number of carbonyl (C=O) groups is 3. The van der Waals surface area contributed by atoms with Crippen LogP contribution in [-0.2, 0) is 41.2 Å². The highest BCUT2D eigenvalue weighted by atomic mass is 32.2. The number of methoxy groups -OCH3 is 1. The van der Waals surface area contributed by atoms with Crippen LogP contribution >= 0.6 is 0 Å². The van der Waals surface area contributed by atoms with Crippen molar-refractivity contribution in [1.29, 1.82) is 0 Å². The van der Waals surface area contributed by atoms with E-state index in [0.29, 0.717) is 10.5 Å². The van der Waals surface area contributed by atoms with Gasteiger partial charge in [-0.2, -0.15) is 0 Å². The first kappa shape index (κ1) is 27.0. The smallest absolute Gasteiger partial charge is 0.330 e. The Morgan fingerprint density at radius 1 is 1.00 bits per heavy atom. The van der Waals surface area contributed by atoms with E-state index in [4.69, 9.17) is 9.47 Å². The van der Waals surface area contributed by atoms with Crippen molar-refractivity contribution in [1.82, 2.24) is 4.90 Å². The lowest BCUT2D eigenvalue weighted by molar-refractivity contribution is -0.144. The van der Waals surface area contributed by atoms with E-state index in [9.17, 15) is 18.6 Å². The maximum Gasteiger partial charge on any atom is 0.330 e. The Hall–Kier alpha value is -4.04. The number of esters is 2. The van der Waals surface area contributed by atoms with Crippen LogP contribution < -0.4 is 0 Å². The monoisotopic (exact) mass is 531 g/mol. The fourth-order valence-electron chi connectivity index (χ4n) is 4.72. The fourth-order valence-corrected chi connectivity index (χ4v) is 6.51. The summed E-state index contributed by atoms with van der Waals surface area (Å²) in [6.07, 6.45) is 2.70. The first-order valence-electron chi connectivity index (χ1n) is 12.2. The van der Waals surface area contributed by atoms with Crippen LogP contribution in [0, 0.1) is 0 Å². The Labute approximate surface area is 224 Å². The average Bonchev–Trinajstić information content (AvgIpc) is 3.25.